The van der Waals surface area contributed by atoms with Crippen molar-refractivity contribution in [3.8, 4) is 11.5 Å². The van der Waals surface area contributed by atoms with E-state index >= 15 is 0 Å². The van der Waals surface area contributed by atoms with Crippen molar-refractivity contribution in [2.45, 2.75) is 4.90 Å². The van der Waals surface area contributed by atoms with Crippen molar-refractivity contribution in [3.05, 3.63) is 103 Å². The van der Waals surface area contributed by atoms with Gasteiger partial charge in [0, 0.05) is 35.3 Å². The van der Waals surface area contributed by atoms with Crippen molar-refractivity contribution in [2.75, 3.05) is 7.11 Å². The maximum atomic E-state index is 11.8. The molecule has 1 radical (unpaired) electrons. The second kappa shape index (κ2) is 18.0. The Morgan fingerprint density at radius 3 is 2.31 bits per heavy atom. The minimum absolute atomic E-state index is 0. The van der Waals surface area contributed by atoms with Gasteiger partial charge < -0.3 is 30.5 Å². The van der Waals surface area contributed by atoms with Crippen LogP contribution in [0.5, 0.6) is 11.5 Å². The summed E-state index contributed by atoms with van der Waals surface area (Å²) in [5.74, 6) is -0.645. The molecule has 209 valence electrons. The maximum absolute atomic E-state index is 11.8. The average Bonchev–Trinajstić information content (AvgIpc) is 2.93. The van der Waals surface area contributed by atoms with Gasteiger partial charge in [-0.25, -0.2) is 8.42 Å². The fourth-order valence-electron chi connectivity index (χ4n) is 3.42. The molecule has 42 heavy (non-hydrogen) atoms. The van der Waals surface area contributed by atoms with Gasteiger partial charge in [-0.3, -0.25) is 9.97 Å². The molecule has 2 heterocycles. The van der Waals surface area contributed by atoms with Gasteiger partial charge in [-0.2, -0.15) is 10.2 Å². The van der Waals surface area contributed by atoms with E-state index in [0.29, 0.717) is 5.75 Å². The van der Waals surface area contributed by atoms with E-state index in [2.05, 4.69) is 38.4 Å². The third-order valence-electron chi connectivity index (χ3n) is 5.34. The summed E-state index contributed by atoms with van der Waals surface area (Å²) in [4.78, 5) is 7.93. The molecule has 2 N–H and O–H groups in total. The molecule has 5 rings (SSSR count). The number of hydrogen-bond donors (Lipinski definition) is 0. The molecule has 0 aliphatic heterocycles. The maximum Gasteiger partial charge on any atom is 4.00 e. The summed E-state index contributed by atoms with van der Waals surface area (Å²) in [6.07, 6.45) is 6.40. The smallest absolute Gasteiger partial charge is 0.872 e. The first-order chi connectivity index (χ1) is 18.3. The number of methoxy groups -OCH3 is 1. The molecule has 0 amide bonds. The Morgan fingerprint density at radius 1 is 0.952 bits per heavy atom. The van der Waals surface area contributed by atoms with Crippen LogP contribution in [-0.2, 0) is 28.7 Å². The summed E-state index contributed by atoms with van der Waals surface area (Å²) in [7, 11) is -3.20. The molecular formula is C27H21KN4O8SV. The van der Waals surface area contributed by atoms with Crippen molar-refractivity contribution in [1.29, 1.82) is 0 Å². The van der Waals surface area contributed by atoms with Gasteiger partial charge >= 0.3 is 69.9 Å². The van der Waals surface area contributed by atoms with Crippen LogP contribution in [0.1, 0.15) is 11.1 Å². The van der Waals surface area contributed by atoms with Gasteiger partial charge in [0.25, 0.3) is 0 Å². The molecule has 12 nitrogen and oxygen atoms in total. The summed E-state index contributed by atoms with van der Waals surface area (Å²) in [6.45, 7) is 0. The minimum Gasteiger partial charge on any atom is -0.872 e. The van der Waals surface area contributed by atoms with Gasteiger partial charge in [-0.1, -0.05) is 42.1 Å². The molecule has 2 aromatic heterocycles. The van der Waals surface area contributed by atoms with Crippen LogP contribution in [0.3, 0.4) is 0 Å². The molecule has 0 aliphatic rings. The summed E-state index contributed by atoms with van der Waals surface area (Å²) in [6, 6.07) is 19.0. The van der Waals surface area contributed by atoms with Crippen LogP contribution in [0.2, 0.25) is 0 Å². The van der Waals surface area contributed by atoms with Crippen molar-refractivity contribution in [2.24, 2.45) is 10.2 Å². The van der Waals surface area contributed by atoms with Crippen LogP contribution >= 0.6 is 0 Å². The zero-order chi connectivity index (χ0) is 27.1. The number of nitrogens with zero attached hydrogens (tertiary/aromatic N) is 4. The predicted octanol–water partition coefficient (Wildman–Crippen LogP) is -0.755. The fourth-order valence-corrected chi connectivity index (χ4v) is 3.93. The number of rotatable bonds is 5. The summed E-state index contributed by atoms with van der Waals surface area (Å²) >= 11 is 0. The SMILES string of the molecule is COc1ccc(/C([O-])=N/N=C/c2cc(S(=O)(=O)[O-])ccc2[O-])cc1.[K+].[OH-].[OH-].[V+4].c1cnc2c(c1)ccc1ccncc12. The number of hydrogen-bond acceptors (Lipinski definition) is 12. The molecule has 0 bridgehead atoms. The summed E-state index contributed by atoms with van der Waals surface area (Å²) in [5.41, 5.74) is 1.11. The zero-order valence-electron chi connectivity index (χ0n) is 22.2. The zero-order valence-corrected chi connectivity index (χ0v) is 27.6. The first-order valence-corrected chi connectivity index (χ1v) is 12.4. The number of pyridine rings is 2. The third-order valence-corrected chi connectivity index (χ3v) is 6.17. The molecule has 0 unspecified atom stereocenters. The summed E-state index contributed by atoms with van der Waals surface area (Å²) in [5, 5.41) is 33.7. The Hall–Kier alpha value is -2.73. The molecule has 0 saturated heterocycles. The van der Waals surface area contributed by atoms with Crippen LogP contribution in [0.15, 0.2) is 106 Å². The van der Waals surface area contributed by atoms with Gasteiger partial charge in [0.2, 0.25) is 0 Å². The molecular weight excluding hydrogens is 630 g/mol. The van der Waals surface area contributed by atoms with E-state index in [1.54, 1.807) is 18.3 Å². The first kappa shape index (κ1) is 39.3. The number of benzene rings is 3. The largest absolute Gasteiger partial charge is 4.00 e. The van der Waals surface area contributed by atoms with Crippen molar-refractivity contribution >= 4 is 43.9 Å². The Morgan fingerprint density at radius 2 is 1.64 bits per heavy atom. The molecule has 0 fully saturated rings. The van der Waals surface area contributed by atoms with Crippen LogP contribution < -0.4 is 66.3 Å². The second-order valence-electron chi connectivity index (χ2n) is 7.77. The van der Waals surface area contributed by atoms with Crippen molar-refractivity contribution in [3.63, 3.8) is 0 Å². The van der Waals surface area contributed by atoms with Gasteiger partial charge in [-0.15, -0.1) is 0 Å². The van der Waals surface area contributed by atoms with Crippen LogP contribution in [-0.4, -0.2) is 53.1 Å². The molecule has 0 atom stereocenters. The average molecular weight is 652 g/mol. The Bertz CT molecular complexity index is 1720. The van der Waals surface area contributed by atoms with Gasteiger partial charge in [-0.05, 0) is 52.9 Å². The number of aromatic nitrogens is 2. The van der Waals surface area contributed by atoms with E-state index in [1.807, 2.05) is 24.5 Å². The van der Waals surface area contributed by atoms with Crippen molar-refractivity contribution < 1.29 is 109 Å². The molecule has 15 heteroatoms. The third kappa shape index (κ3) is 10.2. The standard InChI is InChI=1S/C15H14N2O6S.C12H8N2.K.2H2O.V/c1-23-12-4-2-10(3-5-12)15(19)17-16-9-11-8-13(24(20,21)22)6-7-14(11)18;1-2-10-4-3-9-5-7-13-8-11(9)12(10)14-6-1;;;;/h2-9,18H,1H3,(H,17,19)(H,20,21,22);1-8H;;2*1H2;/q;;+1;;;+4/p-5/b16-9+;;;;;. The van der Waals surface area contributed by atoms with E-state index in [1.165, 1.54) is 24.6 Å². The topological polar surface area (TPSA) is 223 Å². The Kier molecular flexibility index (Phi) is 16.9. The van der Waals surface area contributed by atoms with Crippen LogP contribution in [0.4, 0.5) is 0 Å². The number of ether oxygens (including phenoxy) is 1. The fraction of sp³-hybridized carbons (Fsp3) is 0.0370. The quantitative estimate of drug-likeness (QED) is 0.0577. The Labute approximate surface area is 295 Å². The Balaban J connectivity index is 0.000000804. The molecule has 5 aromatic rings. The van der Waals surface area contributed by atoms with Crippen molar-refractivity contribution in [1.82, 2.24) is 9.97 Å². The molecule has 0 aliphatic carbocycles. The summed E-state index contributed by atoms with van der Waals surface area (Å²) < 4.78 is 37.7. The van der Waals surface area contributed by atoms with E-state index in [9.17, 15) is 23.2 Å². The molecule has 0 saturated carbocycles. The normalized spacial score (nSPS) is 10.8. The van der Waals surface area contributed by atoms with Crippen LogP contribution in [0, 0.1) is 0 Å². The van der Waals surface area contributed by atoms with E-state index in [0.717, 1.165) is 40.7 Å². The number of fused-ring (bicyclic) bond motifs is 3. The second-order valence-corrected chi connectivity index (χ2v) is 9.15. The van der Waals surface area contributed by atoms with E-state index in [-0.39, 0.29) is 92.0 Å². The van der Waals surface area contributed by atoms with Crippen LogP contribution in [0.25, 0.3) is 21.7 Å². The predicted molar refractivity (Wildman–Crippen MR) is 142 cm³/mol. The van der Waals surface area contributed by atoms with E-state index < -0.39 is 26.7 Å². The molecule has 0 spiro atoms. The molecule has 3 aromatic carbocycles. The minimum atomic E-state index is -4.69. The first-order valence-electron chi connectivity index (χ1n) is 11.0. The monoisotopic (exact) mass is 651 g/mol. The van der Waals surface area contributed by atoms with Gasteiger partial charge in [0.05, 0.1) is 23.7 Å². The van der Waals surface area contributed by atoms with Gasteiger partial charge in [0.1, 0.15) is 15.9 Å². The van der Waals surface area contributed by atoms with Gasteiger partial charge in [0.15, 0.2) is 0 Å². The van der Waals surface area contributed by atoms with E-state index in [4.69, 9.17) is 4.74 Å².